The molecule has 126 valence electrons. The molecule has 1 unspecified atom stereocenters. The highest BCUT2D eigenvalue weighted by Crippen LogP contribution is 2.10. The molecule has 0 aliphatic rings. The van der Waals surface area contributed by atoms with Gasteiger partial charge in [0.05, 0.1) is 7.11 Å². The van der Waals surface area contributed by atoms with Gasteiger partial charge in [0.1, 0.15) is 12.5 Å². The fourth-order valence-corrected chi connectivity index (χ4v) is 2.44. The molecule has 0 heterocycles. The molecule has 2 amide bonds. The first-order valence-corrected chi connectivity index (χ1v) is 8.18. The number of esters is 1. The summed E-state index contributed by atoms with van der Waals surface area (Å²) in [7, 11) is 1.20. The standard InChI is InChI=1S/C14H24N2O5S/c1-5-11(17)15-10(14(20)16(6-2)7-3)9-22-13(19)8-12(18)21-4/h10H,5-9H2,1-4H3,(H,15,17). The van der Waals surface area contributed by atoms with Gasteiger partial charge in [-0.25, -0.2) is 0 Å². The van der Waals surface area contributed by atoms with Crippen LogP contribution in [-0.4, -0.2) is 59.8 Å². The van der Waals surface area contributed by atoms with Crippen LogP contribution < -0.4 is 5.32 Å². The Morgan fingerprint density at radius 2 is 1.73 bits per heavy atom. The Morgan fingerprint density at radius 3 is 2.18 bits per heavy atom. The lowest BCUT2D eigenvalue weighted by molar-refractivity contribution is -0.142. The monoisotopic (exact) mass is 332 g/mol. The van der Waals surface area contributed by atoms with Crippen LogP contribution in [0.4, 0.5) is 0 Å². The summed E-state index contributed by atoms with van der Waals surface area (Å²) >= 11 is 0.845. The van der Waals surface area contributed by atoms with Gasteiger partial charge in [-0.3, -0.25) is 19.2 Å². The number of nitrogens with one attached hydrogen (secondary N) is 1. The van der Waals surface area contributed by atoms with Gasteiger partial charge >= 0.3 is 5.97 Å². The zero-order chi connectivity index (χ0) is 17.1. The summed E-state index contributed by atoms with van der Waals surface area (Å²) in [6, 6.07) is -0.779. The maximum atomic E-state index is 12.3. The quantitative estimate of drug-likeness (QED) is 0.490. The smallest absolute Gasteiger partial charge is 0.313 e. The molecule has 0 aliphatic carbocycles. The normalized spacial score (nSPS) is 11.5. The zero-order valence-electron chi connectivity index (χ0n) is 13.5. The van der Waals surface area contributed by atoms with E-state index in [1.807, 2.05) is 13.8 Å². The number of carbonyl (C=O) groups excluding carboxylic acids is 4. The number of ether oxygens (including phenoxy) is 1. The second-order valence-corrected chi connectivity index (χ2v) is 5.50. The number of methoxy groups -OCH3 is 1. The predicted molar refractivity (Wildman–Crippen MR) is 84.2 cm³/mol. The van der Waals surface area contributed by atoms with Gasteiger partial charge in [-0.1, -0.05) is 18.7 Å². The van der Waals surface area contributed by atoms with Crippen LogP contribution in [0.2, 0.25) is 0 Å². The van der Waals surface area contributed by atoms with Gasteiger partial charge in [0.2, 0.25) is 11.8 Å². The van der Waals surface area contributed by atoms with Crippen molar-refractivity contribution in [3.8, 4) is 0 Å². The van der Waals surface area contributed by atoms with E-state index in [9.17, 15) is 19.2 Å². The summed E-state index contributed by atoms with van der Waals surface area (Å²) in [5.74, 6) is -1.02. The first-order valence-electron chi connectivity index (χ1n) is 7.20. The maximum Gasteiger partial charge on any atom is 0.313 e. The summed E-state index contributed by atoms with van der Waals surface area (Å²) in [6.07, 6.45) is -0.0993. The van der Waals surface area contributed by atoms with Crippen molar-refractivity contribution >= 4 is 34.7 Å². The SMILES string of the molecule is CCC(=O)NC(CSC(=O)CC(=O)OC)C(=O)N(CC)CC. The van der Waals surface area contributed by atoms with Crippen LogP contribution in [-0.2, 0) is 23.9 Å². The maximum absolute atomic E-state index is 12.3. The summed E-state index contributed by atoms with van der Waals surface area (Å²) in [4.78, 5) is 48.1. The number of nitrogens with zero attached hydrogens (tertiary/aromatic N) is 1. The summed E-state index contributed by atoms with van der Waals surface area (Å²) in [5, 5.41) is 2.23. The lowest BCUT2D eigenvalue weighted by Crippen LogP contribution is -2.50. The largest absolute Gasteiger partial charge is 0.469 e. The minimum Gasteiger partial charge on any atom is -0.469 e. The van der Waals surface area contributed by atoms with Crippen molar-refractivity contribution in [1.82, 2.24) is 10.2 Å². The molecule has 0 aromatic rings. The van der Waals surface area contributed by atoms with Crippen LogP contribution in [0, 0.1) is 0 Å². The molecule has 0 rings (SSSR count). The van der Waals surface area contributed by atoms with E-state index in [2.05, 4.69) is 10.1 Å². The van der Waals surface area contributed by atoms with Crippen molar-refractivity contribution in [2.45, 2.75) is 39.7 Å². The van der Waals surface area contributed by atoms with Gasteiger partial charge in [-0.15, -0.1) is 0 Å². The van der Waals surface area contributed by atoms with E-state index < -0.39 is 17.1 Å². The molecule has 8 heteroatoms. The molecule has 0 saturated heterocycles. The van der Waals surface area contributed by atoms with Gasteiger partial charge in [-0.2, -0.15) is 0 Å². The van der Waals surface area contributed by atoms with E-state index in [0.717, 1.165) is 11.8 Å². The Labute approximate surface area is 135 Å². The molecule has 0 aliphatic heterocycles. The third kappa shape index (κ3) is 7.44. The molecule has 0 aromatic carbocycles. The molecule has 0 aromatic heterocycles. The molecule has 0 saturated carbocycles. The van der Waals surface area contributed by atoms with Gasteiger partial charge in [0, 0.05) is 25.3 Å². The molecule has 0 radical (unpaired) electrons. The van der Waals surface area contributed by atoms with Crippen molar-refractivity contribution in [1.29, 1.82) is 0 Å². The van der Waals surface area contributed by atoms with Crippen LogP contribution in [0.5, 0.6) is 0 Å². The zero-order valence-corrected chi connectivity index (χ0v) is 14.3. The Balaban J connectivity index is 4.72. The Morgan fingerprint density at radius 1 is 1.14 bits per heavy atom. The number of rotatable bonds is 9. The number of hydrogen-bond acceptors (Lipinski definition) is 6. The van der Waals surface area contributed by atoms with Gasteiger partial charge in [-0.05, 0) is 13.8 Å². The number of hydrogen-bond donors (Lipinski definition) is 1. The van der Waals surface area contributed by atoms with Crippen LogP contribution in [0.1, 0.15) is 33.6 Å². The van der Waals surface area contributed by atoms with E-state index in [0.29, 0.717) is 13.1 Å². The highest BCUT2D eigenvalue weighted by atomic mass is 32.2. The first-order chi connectivity index (χ1) is 10.4. The fourth-order valence-electron chi connectivity index (χ4n) is 1.64. The Kier molecular flexibility index (Phi) is 10.3. The Hall–Kier alpha value is -1.57. The van der Waals surface area contributed by atoms with Crippen LogP contribution in [0.15, 0.2) is 0 Å². The summed E-state index contributed by atoms with van der Waals surface area (Å²) < 4.78 is 4.41. The number of thioether (sulfide) groups is 1. The molecule has 0 spiro atoms. The lowest BCUT2D eigenvalue weighted by atomic mass is 10.2. The van der Waals surface area contributed by atoms with Gasteiger partial charge in [0.15, 0.2) is 5.12 Å². The average Bonchev–Trinajstić information content (AvgIpc) is 2.51. The topological polar surface area (TPSA) is 92.8 Å². The van der Waals surface area contributed by atoms with Crippen LogP contribution in [0.25, 0.3) is 0 Å². The van der Waals surface area contributed by atoms with Crippen molar-refractivity contribution in [2.75, 3.05) is 26.0 Å². The molecule has 22 heavy (non-hydrogen) atoms. The van der Waals surface area contributed by atoms with Crippen molar-refractivity contribution in [2.24, 2.45) is 0 Å². The van der Waals surface area contributed by atoms with Crippen molar-refractivity contribution < 1.29 is 23.9 Å². The molecule has 0 fully saturated rings. The van der Waals surface area contributed by atoms with Crippen molar-refractivity contribution in [3.63, 3.8) is 0 Å². The molecule has 0 bridgehead atoms. The Bertz CT molecular complexity index is 410. The van der Waals surface area contributed by atoms with E-state index in [-0.39, 0.29) is 30.4 Å². The summed E-state index contributed by atoms with van der Waals surface area (Å²) in [6.45, 7) is 6.42. The minimum absolute atomic E-state index is 0.0941. The van der Waals surface area contributed by atoms with Gasteiger partial charge in [0.25, 0.3) is 0 Å². The second-order valence-electron chi connectivity index (χ2n) is 4.42. The van der Waals surface area contributed by atoms with E-state index >= 15 is 0 Å². The molecule has 1 N–H and O–H groups in total. The van der Waals surface area contributed by atoms with Gasteiger partial charge < -0.3 is 15.0 Å². The number of likely N-dealkylation sites (N-methyl/N-ethyl adjacent to an activating group) is 1. The highest BCUT2D eigenvalue weighted by molar-refractivity contribution is 8.13. The van der Waals surface area contributed by atoms with E-state index in [1.54, 1.807) is 11.8 Å². The molecule has 7 nitrogen and oxygen atoms in total. The highest BCUT2D eigenvalue weighted by Gasteiger charge is 2.25. The fraction of sp³-hybridized carbons (Fsp3) is 0.714. The molecular weight excluding hydrogens is 308 g/mol. The predicted octanol–water partition coefficient (Wildman–Crippen LogP) is 0.573. The van der Waals surface area contributed by atoms with Crippen LogP contribution >= 0.6 is 11.8 Å². The molecular formula is C14H24N2O5S. The molecule has 1 atom stereocenters. The number of amides is 2. The second kappa shape index (κ2) is 11.1. The van der Waals surface area contributed by atoms with E-state index in [4.69, 9.17) is 0 Å². The average molecular weight is 332 g/mol. The van der Waals surface area contributed by atoms with Crippen LogP contribution in [0.3, 0.4) is 0 Å². The summed E-state index contributed by atoms with van der Waals surface area (Å²) in [5.41, 5.74) is 0. The minimum atomic E-state index is -0.779. The third-order valence-electron chi connectivity index (χ3n) is 2.96. The van der Waals surface area contributed by atoms with Crippen molar-refractivity contribution in [3.05, 3.63) is 0 Å². The third-order valence-corrected chi connectivity index (χ3v) is 3.92. The van der Waals surface area contributed by atoms with E-state index in [1.165, 1.54) is 7.11 Å². The number of carbonyl (C=O) groups is 4. The lowest BCUT2D eigenvalue weighted by Gasteiger charge is -2.25. The first kappa shape index (κ1) is 20.4.